The van der Waals surface area contributed by atoms with E-state index in [-0.39, 0.29) is 23.4 Å². The van der Waals surface area contributed by atoms with E-state index in [0.29, 0.717) is 0 Å². The molecule has 0 radical (unpaired) electrons. The summed E-state index contributed by atoms with van der Waals surface area (Å²) in [6.45, 7) is 0. The largest absolute Gasteiger partial charge is 0.495 e. The third-order valence-corrected chi connectivity index (χ3v) is 1.96. The Morgan fingerprint density at radius 1 is 1.50 bits per heavy atom. The standard InChI is InChI=1S/C10H11F2NO3/c1-15-8-5-13-6(4-9(14)16-2)3-7(8)10(11)12/h3,5,10H,4H2,1-2H3. The molecular formula is C10H11F2NO3. The molecule has 4 nitrogen and oxygen atoms in total. The second kappa shape index (κ2) is 5.39. The summed E-state index contributed by atoms with van der Waals surface area (Å²) in [7, 11) is 2.50. The molecule has 0 aliphatic rings. The number of hydrogen-bond donors (Lipinski definition) is 0. The highest BCUT2D eigenvalue weighted by Crippen LogP contribution is 2.28. The van der Waals surface area contributed by atoms with E-state index in [4.69, 9.17) is 4.74 Å². The number of carbonyl (C=O) groups excluding carboxylic acids is 1. The van der Waals surface area contributed by atoms with Crippen LogP contribution in [0.4, 0.5) is 8.78 Å². The fourth-order valence-corrected chi connectivity index (χ4v) is 1.16. The van der Waals surface area contributed by atoms with E-state index in [9.17, 15) is 13.6 Å². The number of rotatable bonds is 4. The van der Waals surface area contributed by atoms with Crippen LogP contribution in [0.2, 0.25) is 0 Å². The average Bonchev–Trinajstić information content (AvgIpc) is 2.28. The fourth-order valence-electron chi connectivity index (χ4n) is 1.16. The number of nitrogens with zero attached hydrogens (tertiary/aromatic N) is 1. The maximum Gasteiger partial charge on any atom is 0.311 e. The normalized spacial score (nSPS) is 10.3. The van der Waals surface area contributed by atoms with E-state index in [1.807, 2.05) is 0 Å². The monoisotopic (exact) mass is 231 g/mol. The summed E-state index contributed by atoms with van der Waals surface area (Å²) in [4.78, 5) is 14.8. The van der Waals surface area contributed by atoms with Crippen molar-refractivity contribution >= 4 is 5.97 Å². The topological polar surface area (TPSA) is 48.4 Å². The van der Waals surface area contributed by atoms with Gasteiger partial charge in [-0.1, -0.05) is 0 Å². The van der Waals surface area contributed by atoms with Crippen molar-refractivity contribution in [3.63, 3.8) is 0 Å². The van der Waals surface area contributed by atoms with E-state index in [1.54, 1.807) is 0 Å². The van der Waals surface area contributed by atoms with Gasteiger partial charge in [-0.05, 0) is 6.07 Å². The number of esters is 1. The van der Waals surface area contributed by atoms with Crippen molar-refractivity contribution in [2.75, 3.05) is 14.2 Å². The zero-order valence-electron chi connectivity index (χ0n) is 8.87. The van der Waals surface area contributed by atoms with Crippen LogP contribution in [0.15, 0.2) is 12.3 Å². The van der Waals surface area contributed by atoms with Crippen LogP contribution in [-0.4, -0.2) is 25.2 Å². The van der Waals surface area contributed by atoms with Crippen molar-refractivity contribution in [2.24, 2.45) is 0 Å². The van der Waals surface area contributed by atoms with Crippen LogP contribution in [0.5, 0.6) is 5.75 Å². The number of halogens is 2. The first-order chi connectivity index (χ1) is 7.58. The second-order valence-corrected chi connectivity index (χ2v) is 2.97. The number of alkyl halides is 2. The lowest BCUT2D eigenvalue weighted by molar-refractivity contribution is -0.139. The summed E-state index contributed by atoms with van der Waals surface area (Å²) >= 11 is 0. The summed E-state index contributed by atoms with van der Waals surface area (Å²) in [5, 5.41) is 0. The third kappa shape index (κ3) is 2.88. The third-order valence-electron chi connectivity index (χ3n) is 1.96. The summed E-state index contributed by atoms with van der Waals surface area (Å²) in [5.74, 6) is -0.526. The lowest BCUT2D eigenvalue weighted by Gasteiger charge is -2.08. The maximum absolute atomic E-state index is 12.6. The molecule has 0 saturated carbocycles. The van der Waals surface area contributed by atoms with Crippen LogP contribution in [0.3, 0.4) is 0 Å². The molecule has 0 N–H and O–H groups in total. The Morgan fingerprint density at radius 3 is 2.69 bits per heavy atom. The van der Waals surface area contributed by atoms with Gasteiger partial charge in [0, 0.05) is 0 Å². The number of aromatic nitrogens is 1. The summed E-state index contributed by atoms with van der Waals surface area (Å²) in [6.07, 6.45) is -1.64. The first-order valence-corrected chi connectivity index (χ1v) is 4.46. The molecule has 0 fully saturated rings. The van der Waals surface area contributed by atoms with Gasteiger partial charge < -0.3 is 9.47 Å². The Morgan fingerprint density at radius 2 is 2.19 bits per heavy atom. The number of hydrogen-bond acceptors (Lipinski definition) is 4. The van der Waals surface area contributed by atoms with Crippen molar-refractivity contribution in [2.45, 2.75) is 12.8 Å². The first-order valence-electron chi connectivity index (χ1n) is 4.46. The molecule has 0 saturated heterocycles. The number of ether oxygens (including phenoxy) is 2. The highest BCUT2D eigenvalue weighted by Gasteiger charge is 2.16. The highest BCUT2D eigenvalue weighted by atomic mass is 19.3. The van der Waals surface area contributed by atoms with Crippen LogP contribution >= 0.6 is 0 Å². The van der Waals surface area contributed by atoms with Gasteiger partial charge in [0.25, 0.3) is 6.43 Å². The average molecular weight is 231 g/mol. The molecular weight excluding hydrogens is 220 g/mol. The predicted octanol–water partition coefficient (Wildman–Crippen LogP) is 1.74. The second-order valence-electron chi connectivity index (χ2n) is 2.97. The predicted molar refractivity (Wildman–Crippen MR) is 51.5 cm³/mol. The molecule has 1 rings (SSSR count). The first kappa shape index (κ1) is 12.4. The summed E-state index contributed by atoms with van der Waals surface area (Å²) in [5.41, 5.74) is -0.0562. The molecule has 0 aromatic carbocycles. The quantitative estimate of drug-likeness (QED) is 0.740. The van der Waals surface area contributed by atoms with E-state index in [2.05, 4.69) is 9.72 Å². The van der Waals surface area contributed by atoms with E-state index in [0.717, 1.165) is 6.07 Å². The van der Waals surface area contributed by atoms with Crippen LogP contribution in [0.1, 0.15) is 17.7 Å². The fraction of sp³-hybridized carbons (Fsp3) is 0.400. The maximum atomic E-state index is 12.6. The van der Waals surface area contributed by atoms with Gasteiger partial charge in [-0.15, -0.1) is 0 Å². The molecule has 0 atom stereocenters. The Hall–Kier alpha value is -1.72. The molecule has 88 valence electrons. The van der Waals surface area contributed by atoms with Crippen molar-refractivity contribution in [1.29, 1.82) is 0 Å². The Kier molecular flexibility index (Phi) is 4.16. The summed E-state index contributed by atoms with van der Waals surface area (Å²) < 4.78 is 34.3. The molecule has 0 unspecified atom stereocenters. The summed E-state index contributed by atoms with van der Waals surface area (Å²) in [6, 6.07) is 1.14. The van der Waals surface area contributed by atoms with Crippen LogP contribution < -0.4 is 4.74 Å². The van der Waals surface area contributed by atoms with Gasteiger partial charge in [-0.25, -0.2) is 8.78 Å². The van der Waals surface area contributed by atoms with Crippen LogP contribution in [0.25, 0.3) is 0 Å². The van der Waals surface area contributed by atoms with Gasteiger partial charge >= 0.3 is 5.97 Å². The van der Waals surface area contributed by atoms with Crippen LogP contribution in [0, 0.1) is 0 Å². The highest BCUT2D eigenvalue weighted by molar-refractivity contribution is 5.71. The van der Waals surface area contributed by atoms with E-state index < -0.39 is 12.4 Å². The van der Waals surface area contributed by atoms with Gasteiger partial charge in [0.15, 0.2) is 0 Å². The SMILES string of the molecule is COC(=O)Cc1cc(C(F)F)c(OC)cn1. The molecule has 0 amide bonds. The Bertz CT molecular complexity index is 382. The van der Waals surface area contributed by atoms with Gasteiger partial charge in [0.2, 0.25) is 0 Å². The molecule has 0 bridgehead atoms. The Balaban J connectivity index is 2.97. The van der Waals surface area contributed by atoms with Gasteiger partial charge in [-0.2, -0.15) is 0 Å². The molecule has 0 aliphatic carbocycles. The van der Waals surface area contributed by atoms with Gasteiger partial charge in [0.05, 0.1) is 38.1 Å². The molecule has 1 heterocycles. The zero-order chi connectivity index (χ0) is 12.1. The number of carbonyl (C=O) groups is 1. The van der Waals surface area contributed by atoms with Gasteiger partial charge in [0.1, 0.15) is 5.75 Å². The molecule has 0 aliphatic heterocycles. The smallest absolute Gasteiger partial charge is 0.311 e. The van der Waals surface area contributed by atoms with Crippen molar-refractivity contribution in [1.82, 2.24) is 4.98 Å². The minimum Gasteiger partial charge on any atom is -0.495 e. The van der Waals surface area contributed by atoms with Crippen LogP contribution in [-0.2, 0) is 16.0 Å². The molecule has 6 heteroatoms. The minimum atomic E-state index is -2.67. The molecule has 0 spiro atoms. The lowest BCUT2D eigenvalue weighted by Crippen LogP contribution is -2.07. The van der Waals surface area contributed by atoms with Crippen molar-refractivity contribution in [3.8, 4) is 5.75 Å². The zero-order valence-corrected chi connectivity index (χ0v) is 8.87. The number of methoxy groups -OCH3 is 2. The number of pyridine rings is 1. The molecule has 16 heavy (non-hydrogen) atoms. The molecule has 1 aromatic heterocycles. The van der Waals surface area contributed by atoms with Gasteiger partial charge in [-0.3, -0.25) is 9.78 Å². The lowest BCUT2D eigenvalue weighted by atomic mass is 10.2. The Labute approximate surface area is 91.2 Å². The van der Waals surface area contributed by atoms with Crippen molar-refractivity contribution < 1.29 is 23.0 Å². The van der Waals surface area contributed by atoms with E-state index in [1.165, 1.54) is 20.4 Å². The molecule has 1 aromatic rings. The van der Waals surface area contributed by atoms with E-state index >= 15 is 0 Å². The minimum absolute atomic E-state index is 0.00335. The van der Waals surface area contributed by atoms with Crippen molar-refractivity contribution in [3.05, 3.63) is 23.5 Å².